The molecule has 21 heteroatoms. The van der Waals surface area contributed by atoms with Gasteiger partial charge in [-0.3, -0.25) is 18.5 Å². The number of carbonyl (C=O) groups is 1. The zero-order chi connectivity index (χ0) is 43.4. The number of rotatable bonds is 37. The molecule has 0 aliphatic carbocycles. The topological polar surface area (TPSA) is 254 Å². The second kappa shape index (κ2) is 36.4. The van der Waals surface area contributed by atoms with Gasteiger partial charge in [0.25, 0.3) is 15.6 Å². The molecule has 17 nitrogen and oxygen atoms in total. The van der Waals surface area contributed by atoms with Crippen LogP contribution < -0.4 is 80.3 Å². The van der Waals surface area contributed by atoms with Crippen LogP contribution in [0.2, 0.25) is 0 Å². The van der Waals surface area contributed by atoms with Gasteiger partial charge < -0.3 is 49.0 Å². The summed E-state index contributed by atoms with van der Waals surface area (Å²) < 4.78 is 56.2. The number of anilines is 1. The molecule has 2 heterocycles. The second-order valence-electron chi connectivity index (χ2n) is 15.5. The maximum absolute atomic E-state index is 12.7. The van der Waals surface area contributed by atoms with Gasteiger partial charge >= 0.3 is 70.8 Å². The first-order valence-electron chi connectivity index (χ1n) is 22.0. The summed E-state index contributed by atoms with van der Waals surface area (Å²) in [6.07, 6.45) is 20.1. The number of esters is 1. The van der Waals surface area contributed by atoms with Crippen molar-refractivity contribution >= 4 is 27.4 Å². The minimum atomic E-state index is -5.66. The van der Waals surface area contributed by atoms with Gasteiger partial charge in [-0.05, 0) is 18.9 Å². The maximum Gasteiger partial charge on any atom is 1.00 e. The molecule has 7 atom stereocenters. The summed E-state index contributed by atoms with van der Waals surface area (Å²) in [7, 11) is -11.3. The first kappa shape index (κ1) is 61.2. The number of carbonyl (C=O) groups excluding carboxylic acids is 1. The molecule has 344 valence electrons. The zero-order valence-corrected chi connectivity index (χ0v) is 43.3. The molecule has 0 amide bonds. The molecule has 1 aromatic heterocycles. The Morgan fingerprint density at radius 1 is 0.770 bits per heavy atom. The molecule has 1 aliphatic rings. The molecule has 0 bridgehead atoms. The van der Waals surface area contributed by atoms with Crippen LogP contribution in [0.1, 0.15) is 174 Å². The number of aliphatic hydroxyl groups is 2. The molecule has 4 unspecified atom stereocenters. The maximum atomic E-state index is 12.7. The molecular formula is C40H73N3Na2O14P2. The number of aliphatic hydroxyl groups excluding tert-OH is 2. The normalized spacial score (nSPS) is 20.0. The van der Waals surface area contributed by atoms with Gasteiger partial charge in [-0.2, -0.15) is 4.98 Å². The summed E-state index contributed by atoms with van der Waals surface area (Å²) in [6.45, 7) is 2.82. The van der Waals surface area contributed by atoms with Crippen molar-refractivity contribution in [1.29, 1.82) is 0 Å². The second-order valence-corrected chi connectivity index (χ2v) is 18.5. The number of nitrogens with zero attached hydrogens (tertiary/aromatic N) is 2. The predicted octanol–water partition coefficient (Wildman–Crippen LogP) is 0.770. The summed E-state index contributed by atoms with van der Waals surface area (Å²) in [5, 5.41) is 20.8. The fourth-order valence-corrected chi connectivity index (χ4v) is 8.81. The third-order valence-electron chi connectivity index (χ3n) is 10.2. The van der Waals surface area contributed by atoms with Gasteiger partial charge in [0, 0.05) is 19.2 Å². The van der Waals surface area contributed by atoms with E-state index in [2.05, 4.69) is 27.7 Å². The summed E-state index contributed by atoms with van der Waals surface area (Å²) in [5.41, 5.74) is 4.57. The van der Waals surface area contributed by atoms with Crippen molar-refractivity contribution in [2.24, 2.45) is 0 Å². The first-order valence-corrected chi connectivity index (χ1v) is 25.0. The molecule has 61 heavy (non-hydrogen) atoms. The molecule has 0 radical (unpaired) electrons. The summed E-state index contributed by atoms with van der Waals surface area (Å²) >= 11 is 0. The molecule has 1 fully saturated rings. The first-order chi connectivity index (χ1) is 28.3. The Kier molecular flexibility index (Phi) is 36.5. The van der Waals surface area contributed by atoms with Crippen molar-refractivity contribution in [1.82, 2.24) is 9.55 Å². The van der Waals surface area contributed by atoms with E-state index >= 15 is 0 Å². The van der Waals surface area contributed by atoms with E-state index in [4.69, 9.17) is 24.5 Å². The van der Waals surface area contributed by atoms with Crippen molar-refractivity contribution in [2.75, 3.05) is 32.2 Å². The smallest absolute Gasteiger partial charge is 0.756 e. The van der Waals surface area contributed by atoms with E-state index in [1.165, 1.54) is 96.0 Å². The van der Waals surface area contributed by atoms with Gasteiger partial charge in [-0.1, -0.05) is 149 Å². The molecule has 0 spiro atoms. The largest absolute Gasteiger partial charge is 1.00 e. The van der Waals surface area contributed by atoms with Crippen molar-refractivity contribution in [3.63, 3.8) is 0 Å². The molecule has 1 aromatic rings. The Hall–Kier alpha value is 0.250. The molecule has 1 aliphatic heterocycles. The van der Waals surface area contributed by atoms with Crippen molar-refractivity contribution < 1.29 is 121 Å². The van der Waals surface area contributed by atoms with Crippen LogP contribution in [0.4, 0.5) is 5.82 Å². The van der Waals surface area contributed by atoms with E-state index in [0.717, 1.165) is 62.1 Å². The number of ether oxygens (including phenoxy) is 3. The molecular weight excluding hydrogens is 854 g/mol. The number of nitrogen functional groups attached to an aromatic ring is 1. The molecule has 0 saturated carbocycles. The number of phosphoric acid groups is 2. The quantitative estimate of drug-likeness (QED) is 0.0361. The van der Waals surface area contributed by atoms with Gasteiger partial charge in [0.05, 0.1) is 19.8 Å². The molecule has 1 saturated heterocycles. The van der Waals surface area contributed by atoms with Gasteiger partial charge in [-0.15, -0.1) is 0 Å². The summed E-state index contributed by atoms with van der Waals surface area (Å²) in [4.78, 5) is 53.5. The Bertz CT molecular complexity index is 1430. The van der Waals surface area contributed by atoms with Gasteiger partial charge in [-0.25, -0.2) is 9.11 Å². The third-order valence-corrected chi connectivity index (χ3v) is 12.7. The monoisotopic (exact) mass is 927 g/mol. The van der Waals surface area contributed by atoms with E-state index in [-0.39, 0.29) is 78.0 Å². The Morgan fingerprint density at radius 2 is 1.25 bits per heavy atom. The van der Waals surface area contributed by atoms with Crippen LogP contribution in [-0.2, 0) is 41.5 Å². The van der Waals surface area contributed by atoms with Crippen LogP contribution in [-0.4, -0.2) is 76.6 Å². The summed E-state index contributed by atoms with van der Waals surface area (Å²) in [5.74, 6) is -0.659. The van der Waals surface area contributed by atoms with Crippen LogP contribution in [0.15, 0.2) is 17.1 Å². The van der Waals surface area contributed by atoms with Crippen LogP contribution in [0, 0.1) is 0 Å². The average Bonchev–Trinajstić information content (AvgIpc) is 3.46. The van der Waals surface area contributed by atoms with Crippen LogP contribution in [0.3, 0.4) is 0 Å². The van der Waals surface area contributed by atoms with E-state index < -0.39 is 71.2 Å². The Labute approximate surface area is 408 Å². The molecule has 0 aromatic carbocycles. The van der Waals surface area contributed by atoms with Crippen LogP contribution in [0.25, 0.3) is 0 Å². The zero-order valence-electron chi connectivity index (χ0n) is 37.5. The number of nitrogens with two attached hydrogens (primary N) is 1. The Morgan fingerprint density at radius 3 is 1.75 bits per heavy atom. The van der Waals surface area contributed by atoms with Crippen molar-refractivity contribution in [2.45, 2.75) is 199 Å². The number of hydrogen-bond acceptors (Lipinski definition) is 16. The Balaban J connectivity index is 0.0000180. The number of aromatic nitrogens is 2. The predicted molar refractivity (Wildman–Crippen MR) is 220 cm³/mol. The number of hydrogen-bond donors (Lipinski definition) is 3. The SMILES string of the molecule is CCCCCCCCCCCCCCCCOCC(COP(=O)([O-])OP(=O)([O-])OC[C@H]1OC(n2ccc(N)nc2=O)[C@@H](O)[C@@H]1O)OC(=O)CCCCCCCCCCC.[Na+].[Na+]. The van der Waals surface area contributed by atoms with Gasteiger partial charge in [0.15, 0.2) is 6.23 Å². The van der Waals surface area contributed by atoms with Gasteiger partial charge in [0.1, 0.15) is 30.2 Å². The van der Waals surface area contributed by atoms with E-state index in [1.807, 2.05) is 0 Å². The third kappa shape index (κ3) is 28.8. The fraction of sp³-hybridized carbons (Fsp3) is 0.875. The molecule has 4 N–H and O–H groups in total. The van der Waals surface area contributed by atoms with E-state index in [9.17, 15) is 38.7 Å². The van der Waals surface area contributed by atoms with Crippen LogP contribution in [0.5, 0.6) is 0 Å². The number of unbranched alkanes of at least 4 members (excludes halogenated alkanes) is 21. The van der Waals surface area contributed by atoms with Crippen molar-refractivity contribution in [3.05, 3.63) is 22.7 Å². The average molecular weight is 928 g/mol. The fourth-order valence-electron chi connectivity index (χ4n) is 6.78. The minimum absolute atomic E-state index is 0. The minimum Gasteiger partial charge on any atom is -0.756 e. The number of phosphoric ester groups is 2. The van der Waals surface area contributed by atoms with Crippen molar-refractivity contribution in [3.8, 4) is 0 Å². The molecule has 2 rings (SSSR count). The van der Waals surface area contributed by atoms with E-state index in [1.54, 1.807) is 0 Å². The van der Waals surface area contributed by atoms with E-state index in [0.29, 0.717) is 13.0 Å². The standard InChI is InChI=1S/C40H75N3O14P2.2Na/c1-3-5-7-9-11-13-14-15-16-17-19-21-23-25-29-52-30-33(55-36(44)26-24-22-20-18-12-10-8-6-4-2)31-53-58(48,49)57-59(50,51)54-32-34-37(45)38(46)39(56-34)43-28-27-35(41)42-40(43)47;;/h27-28,33-34,37-39,45-46H,3-26,29-32H2,1-2H3,(H,48,49)(H,50,51)(H2,41,42,47);;/q;2*+1/p-2/t33?,34-,37-,38+,39?;;/m1../s1. The van der Waals surface area contributed by atoms with Crippen LogP contribution >= 0.6 is 15.6 Å². The van der Waals surface area contributed by atoms with Gasteiger partial charge in [0.2, 0.25) is 0 Å². The summed E-state index contributed by atoms with van der Waals surface area (Å²) in [6, 6.07) is 1.25.